The summed E-state index contributed by atoms with van der Waals surface area (Å²) in [6, 6.07) is 16.8. The summed E-state index contributed by atoms with van der Waals surface area (Å²) in [5.74, 6) is 0.560. The Morgan fingerprint density at radius 3 is 2.52 bits per heavy atom. The lowest BCUT2D eigenvalue weighted by molar-refractivity contribution is -0.141. The van der Waals surface area contributed by atoms with E-state index in [1.807, 2.05) is 52.1 Å². The Kier molecular flexibility index (Phi) is 7.71. The lowest BCUT2D eigenvalue weighted by Crippen LogP contribution is -2.38. The van der Waals surface area contributed by atoms with E-state index in [1.54, 1.807) is 23.5 Å². The molecule has 0 aliphatic carbocycles. The van der Waals surface area contributed by atoms with E-state index in [1.165, 1.54) is 18.2 Å². The lowest BCUT2D eigenvalue weighted by Gasteiger charge is -2.34. The van der Waals surface area contributed by atoms with Crippen molar-refractivity contribution in [2.75, 3.05) is 39.8 Å². The van der Waals surface area contributed by atoms with E-state index in [2.05, 4.69) is 21.7 Å². The predicted octanol–water partition coefficient (Wildman–Crippen LogP) is 5.75. The molecule has 2 fully saturated rings. The maximum Gasteiger partial charge on any atom is 0.325 e. The fourth-order valence-corrected chi connectivity index (χ4v) is 7.27. The molecule has 208 valence electrons. The summed E-state index contributed by atoms with van der Waals surface area (Å²) >= 11 is 1.70. The van der Waals surface area contributed by atoms with Crippen molar-refractivity contribution in [1.29, 1.82) is 0 Å². The molecule has 6 nitrogen and oxygen atoms in total. The third-order valence-corrected chi connectivity index (χ3v) is 9.37. The van der Waals surface area contributed by atoms with Crippen molar-refractivity contribution in [2.45, 2.75) is 31.2 Å². The molecule has 4 aromatic rings. The number of amides is 1. The molecule has 2 atom stereocenters. The topological polar surface area (TPSA) is 54.8 Å². The first-order chi connectivity index (χ1) is 19.5. The maximum absolute atomic E-state index is 14.0. The number of aromatic nitrogens is 1. The normalized spacial score (nSPS) is 20.3. The van der Waals surface area contributed by atoms with E-state index in [0.29, 0.717) is 30.5 Å². The van der Waals surface area contributed by atoms with E-state index < -0.39 is 0 Å². The number of hydrogen-bond donors (Lipinski definition) is 0. The van der Waals surface area contributed by atoms with Crippen LogP contribution in [0.3, 0.4) is 0 Å². The minimum atomic E-state index is -0.346. The Balaban J connectivity index is 1.18. The molecule has 2 unspecified atom stereocenters. The molecule has 8 heteroatoms. The summed E-state index contributed by atoms with van der Waals surface area (Å²) in [4.78, 5) is 30.6. The van der Waals surface area contributed by atoms with Crippen molar-refractivity contribution in [3.05, 3.63) is 94.1 Å². The number of nitrogens with zero attached hydrogens (tertiary/aromatic N) is 3. The number of hydrogen-bond acceptors (Lipinski definition) is 5. The Morgan fingerprint density at radius 1 is 1.00 bits per heavy atom. The maximum atomic E-state index is 14.0. The Bertz CT molecular complexity index is 1480. The van der Waals surface area contributed by atoms with Crippen molar-refractivity contribution in [2.24, 2.45) is 5.92 Å². The van der Waals surface area contributed by atoms with Gasteiger partial charge in [-0.2, -0.15) is 11.3 Å². The van der Waals surface area contributed by atoms with Gasteiger partial charge in [-0.1, -0.05) is 24.3 Å². The number of piperidine rings is 1. The number of fused-ring (bicyclic) bond motifs is 1. The molecule has 1 amide bonds. The second-order valence-electron chi connectivity index (χ2n) is 11.0. The predicted molar refractivity (Wildman–Crippen MR) is 155 cm³/mol. The molecule has 2 aliphatic heterocycles. The van der Waals surface area contributed by atoms with Gasteiger partial charge < -0.3 is 19.1 Å². The number of carbonyl (C=O) groups is 2. The van der Waals surface area contributed by atoms with Gasteiger partial charge in [0, 0.05) is 37.1 Å². The number of carbonyl (C=O) groups excluding carboxylic acids is 2. The van der Waals surface area contributed by atoms with Crippen molar-refractivity contribution in [1.82, 2.24) is 14.4 Å². The molecule has 0 spiro atoms. The highest BCUT2D eigenvalue weighted by Crippen LogP contribution is 2.37. The lowest BCUT2D eigenvalue weighted by atomic mass is 9.87. The Morgan fingerprint density at radius 2 is 1.80 bits per heavy atom. The molecule has 0 bridgehead atoms. The second-order valence-corrected chi connectivity index (χ2v) is 11.8. The van der Waals surface area contributed by atoms with Crippen LogP contribution in [0.25, 0.3) is 10.9 Å². The minimum absolute atomic E-state index is 0.00756. The van der Waals surface area contributed by atoms with Crippen LogP contribution in [0.5, 0.6) is 0 Å². The SMILES string of the molecule is COC(=O)Cn1ccc2cccc(C(=O)N3CC(CN4CCC(c5ccc(F)cc5)CC4)C(c4ccsc4)C3)c21. The number of rotatable bonds is 7. The van der Waals surface area contributed by atoms with Gasteiger partial charge in [-0.25, -0.2) is 4.39 Å². The summed E-state index contributed by atoms with van der Waals surface area (Å²) in [7, 11) is 1.38. The van der Waals surface area contributed by atoms with Gasteiger partial charge in [-0.15, -0.1) is 0 Å². The first kappa shape index (κ1) is 26.7. The van der Waals surface area contributed by atoms with Crippen LogP contribution in [0.1, 0.15) is 46.2 Å². The molecular weight excluding hydrogens is 525 g/mol. The largest absolute Gasteiger partial charge is 0.468 e. The van der Waals surface area contributed by atoms with Crippen molar-refractivity contribution >= 4 is 34.1 Å². The molecule has 40 heavy (non-hydrogen) atoms. The molecule has 2 aliphatic rings. The highest BCUT2D eigenvalue weighted by atomic mass is 32.1. The smallest absolute Gasteiger partial charge is 0.325 e. The first-order valence-corrected chi connectivity index (χ1v) is 14.9. The number of methoxy groups -OCH3 is 1. The monoisotopic (exact) mass is 559 g/mol. The van der Waals surface area contributed by atoms with Crippen LogP contribution in [-0.4, -0.2) is 66.1 Å². The van der Waals surface area contributed by atoms with Crippen LogP contribution in [0, 0.1) is 11.7 Å². The number of benzene rings is 2. The number of thiophene rings is 1. The van der Waals surface area contributed by atoms with E-state index >= 15 is 0 Å². The van der Waals surface area contributed by atoms with Gasteiger partial charge in [-0.3, -0.25) is 9.59 Å². The number of para-hydroxylation sites is 1. The minimum Gasteiger partial charge on any atom is -0.468 e. The molecular formula is C32H34FN3O3S. The molecule has 0 N–H and O–H groups in total. The number of esters is 1. The van der Waals surface area contributed by atoms with Crippen LogP contribution >= 0.6 is 11.3 Å². The summed E-state index contributed by atoms with van der Waals surface area (Å²) in [6.07, 6.45) is 3.96. The Hall–Kier alpha value is -3.49. The third-order valence-electron chi connectivity index (χ3n) is 8.67. The fraction of sp³-hybridized carbons (Fsp3) is 0.375. The Labute approximate surface area is 238 Å². The summed E-state index contributed by atoms with van der Waals surface area (Å²) in [5, 5.41) is 5.27. The van der Waals surface area contributed by atoms with E-state index in [0.717, 1.165) is 43.4 Å². The zero-order chi connectivity index (χ0) is 27.6. The third kappa shape index (κ3) is 5.43. The molecule has 2 aromatic heterocycles. The van der Waals surface area contributed by atoms with E-state index in [9.17, 15) is 14.0 Å². The number of ether oxygens (including phenoxy) is 1. The van der Waals surface area contributed by atoms with Crippen molar-refractivity contribution in [3.63, 3.8) is 0 Å². The van der Waals surface area contributed by atoms with Crippen molar-refractivity contribution in [3.8, 4) is 0 Å². The number of likely N-dealkylation sites (tertiary alicyclic amines) is 2. The average Bonchev–Trinajstić information content (AvgIpc) is 3.74. The van der Waals surface area contributed by atoms with Crippen LogP contribution in [0.15, 0.2) is 71.6 Å². The van der Waals surface area contributed by atoms with E-state index in [4.69, 9.17) is 4.74 Å². The molecule has 0 radical (unpaired) electrons. The zero-order valence-electron chi connectivity index (χ0n) is 22.7. The molecule has 6 rings (SSSR count). The summed E-state index contributed by atoms with van der Waals surface area (Å²) in [6.45, 7) is 4.40. The second kappa shape index (κ2) is 11.6. The van der Waals surface area contributed by atoms with Gasteiger partial charge in [0.05, 0.1) is 18.2 Å². The standard InChI is InChI=1S/C32H34FN3O3S/c1-39-30(37)20-35-15-11-24-3-2-4-28(31(24)35)32(38)36-18-26(29(19-36)25-12-16-40-21-25)17-34-13-9-23(10-14-34)22-5-7-27(33)8-6-22/h2-8,11-12,15-16,21,23,26,29H,9-10,13-14,17-20H2,1H3. The molecule has 4 heterocycles. The van der Waals surface area contributed by atoms with Gasteiger partial charge >= 0.3 is 5.97 Å². The van der Waals surface area contributed by atoms with Crippen LogP contribution in [0.4, 0.5) is 4.39 Å². The highest BCUT2D eigenvalue weighted by molar-refractivity contribution is 7.08. The fourth-order valence-electron chi connectivity index (χ4n) is 6.54. The van der Waals surface area contributed by atoms with Crippen LogP contribution in [0.2, 0.25) is 0 Å². The summed E-state index contributed by atoms with van der Waals surface area (Å²) < 4.78 is 20.1. The van der Waals surface area contributed by atoms with Crippen molar-refractivity contribution < 1.29 is 18.7 Å². The highest BCUT2D eigenvalue weighted by Gasteiger charge is 2.38. The van der Waals surface area contributed by atoms with Crippen LogP contribution in [-0.2, 0) is 16.1 Å². The van der Waals surface area contributed by atoms with Gasteiger partial charge in [-0.05, 0) is 90.0 Å². The zero-order valence-corrected chi connectivity index (χ0v) is 23.5. The molecule has 2 saturated heterocycles. The summed E-state index contributed by atoms with van der Waals surface area (Å²) in [5.41, 5.74) is 3.92. The van der Waals surface area contributed by atoms with Gasteiger partial charge in [0.1, 0.15) is 12.4 Å². The average molecular weight is 560 g/mol. The van der Waals surface area contributed by atoms with Gasteiger partial charge in [0.25, 0.3) is 5.91 Å². The number of halogens is 1. The first-order valence-electron chi connectivity index (χ1n) is 13.9. The van der Waals surface area contributed by atoms with Crippen LogP contribution < -0.4 is 0 Å². The van der Waals surface area contributed by atoms with Gasteiger partial charge in [0.15, 0.2) is 0 Å². The van der Waals surface area contributed by atoms with E-state index in [-0.39, 0.29) is 30.2 Å². The molecule has 0 saturated carbocycles. The van der Waals surface area contributed by atoms with Gasteiger partial charge in [0.2, 0.25) is 0 Å². The molecule has 2 aromatic carbocycles. The quantitative estimate of drug-likeness (QED) is 0.271.